The lowest BCUT2D eigenvalue weighted by Gasteiger charge is -2.26. The molecule has 0 amide bonds. The molecule has 1 unspecified atom stereocenters. The first-order chi connectivity index (χ1) is 9.54. The number of halogens is 1. The number of aryl methyl sites for hydroxylation is 2. The third-order valence-electron chi connectivity index (χ3n) is 4.52. The van der Waals surface area contributed by atoms with Crippen molar-refractivity contribution in [3.63, 3.8) is 0 Å². The van der Waals surface area contributed by atoms with Gasteiger partial charge in [0.25, 0.3) is 0 Å². The molecule has 0 spiro atoms. The van der Waals surface area contributed by atoms with E-state index in [0.29, 0.717) is 5.56 Å². The van der Waals surface area contributed by atoms with E-state index in [1.54, 1.807) is 6.07 Å². The van der Waals surface area contributed by atoms with E-state index in [1.165, 1.54) is 5.56 Å². The van der Waals surface area contributed by atoms with Crippen molar-refractivity contribution in [1.29, 1.82) is 0 Å². The summed E-state index contributed by atoms with van der Waals surface area (Å²) in [5, 5.41) is 0. The molecule has 0 aliphatic heterocycles. The zero-order valence-corrected chi connectivity index (χ0v) is 12.0. The molecule has 1 aliphatic carbocycles. The number of nitrogens with two attached hydrogens (primary N) is 1. The highest BCUT2D eigenvalue weighted by Gasteiger charge is 2.50. The van der Waals surface area contributed by atoms with Crippen LogP contribution < -0.4 is 5.73 Å². The summed E-state index contributed by atoms with van der Waals surface area (Å²) < 4.78 is 14.4. The second kappa shape index (κ2) is 4.71. The molecular formula is C18H20FN. The van der Waals surface area contributed by atoms with Crippen LogP contribution in [0.5, 0.6) is 0 Å². The first-order valence-corrected chi connectivity index (χ1v) is 7.12. The molecule has 2 aromatic rings. The minimum absolute atomic E-state index is 0.0812. The standard InChI is InChI=1S/C18H20FN/c1-12-10-13(2)16(15(19)11-12)17(20)18(8-9-18)14-6-4-3-5-7-14/h3-7,10-11,17H,8-9,20H2,1-2H3. The first kappa shape index (κ1) is 13.3. The highest BCUT2D eigenvalue weighted by Crippen LogP contribution is 2.56. The number of hydrogen-bond acceptors (Lipinski definition) is 1. The lowest BCUT2D eigenvalue weighted by Crippen LogP contribution is -2.28. The third-order valence-corrected chi connectivity index (χ3v) is 4.52. The van der Waals surface area contributed by atoms with E-state index < -0.39 is 0 Å². The van der Waals surface area contributed by atoms with Crippen molar-refractivity contribution in [2.24, 2.45) is 5.73 Å². The van der Waals surface area contributed by atoms with Crippen LogP contribution in [-0.2, 0) is 5.41 Å². The number of benzene rings is 2. The molecule has 1 saturated carbocycles. The summed E-state index contributed by atoms with van der Waals surface area (Å²) in [6.07, 6.45) is 2.07. The molecule has 0 radical (unpaired) electrons. The molecule has 3 rings (SSSR count). The van der Waals surface area contributed by atoms with Crippen LogP contribution in [0.3, 0.4) is 0 Å². The van der Waals surface area contributed by atoms with Gasteiger partial charge in [0.1, 0.15) is 5.82 Å². The van der Waals surface area contributed by atoms with Gasteiger partial charge in [-0.15, -0.1) is 0 Å². The van der Waals surface area contributed by atoms with Crippen LogP contribution in [0.25, 0.3) is 0 Å². The van der Waals surface area contributed by atoms with E-state index in [0.717, 1.165) is 24.0 Å². The Morgan fingerprint density at radius 3 is 2.30 bits per heavy atom. The van der Waals surface area contributed by atoms with Gasteiger partial charge in [0.05, 0.1) is 0 Å². The second-order valence-electron chi connectivity index (χ2n) is 5.98. The van der Waals surface area contributed by atoms with Gasteiger partial charge in [-0.25, -0.2) is 4.39 Å². The normalized spacial score (nSPS) is 17.8. The lowest BCUT2D eigenvalue weighted by molar-refractivity contribution is 0.501. The van der Waals surface area contributed by atoms with Gasteiger partial charge in [0, 0.05) is 17.0 Å². The summed E-state index contributed by atoms with van der Waals surface area (Å²) in [6.45, 7) is 3.86. The van der Waals surface area contributed by atoms with Crippen LogP contribution >= 0.6 is 0 Å². The summed E-state index contributed by atoms with van der Waals surface area (Å²) in [6, 6.07) is 13.6. The zero-order valence-electron chi connectivity index (χ0n) is 12.0. The summed E-state index contributed by atoms with van der Waals surface area (Å²) in [5.74, 6) is -0.169. The Bertz CT molecular complexity index is 606. The quantitative estimate of drug-likeness (QED) is 0.889. The van der Waals surface area contributed by atoms with Gasteiger partial charge >= 0.3 is 0 Å². The van der Waals surface area contributed by atoms with E-state index in [1.807, 2.05) is 38.1 Å². The highest BCUT2D eigenvalue weighted by atomic mass is 19.1. The monoisotopic (exact) mass is 269 g/mol. The molecule has 20 heavy (non-hydrogen) atoms. The maximum absolute atomic E-state index is 14.4. The average molecular weight is 269 g/mol. The van der Waals surface area contributed by atoms with Crippen LogP contribution in [0.4, 0.5) is 4.39 Å². The van der Waals surface area contributed by atoms with Crippen molar-refractivity contribution in [2.45, 2.75) is 38.1 Å². The molecule has 0 heterocycles. The van der Waals surface area contributed by atoms with Crippen molar-refractivity contribution < 1.29 is 4.39 Å². The predicted octanol–water partition coefficient (Wildman–Crippen LogP) is 4.17. The molecule has 2 aromatic carbocycles. The minimum Gasteiger partial charge on any atom is -0.323 e. The van der Waals surface area contributed by atoms with Gasteiger partial charge in [-0.2, -0.15) is 0 Å². The Hall–Kier alpha value is -1.67. The number of hydrogen-bond donors (Lipinski definition) is 1. The molecule has 0 bridgehead atoms. The third kappa shape index (κ3) is 2.04. The van der Waals surface area contributed by atoms with Crippen molar-refractivity contribution in [3.8, 4) is 0 Å². The van der Waals surface area contributed by atoms with Crippen molar-refractivity contribution >= 4 is 0 Å². The Kier molecular flexibility index (Phi) is 3.14. The first-order valence-electron chi connectivity index (χ1n) is 7.12. The van der Waals surface area contributed by atoms with Gasteiger partial charge in [0.2, 0.25) is 0 Å². The SMILES string of the molecule is Cc1cc(C)c(C(N)C2(c3ccccc3)CC2)c(F)c1. The fourth-order valence-electron chi connectivity index (χ4n) is 3.28. The molecule has 104 valence electrons. The topological polar surface area (TPSA) is 26.0 Å². The van der Waals surface area contributed by atoms with Crippen molar-refractivity contribution in [1.82, 2.24) is 0 Å². The number of rotatable bonds is 3. The molecular weight excluding hydrogens is 249 g/mol. The fraction of sp³-hybridized carbons (Fsp3) is 0.333. The van der Waals surface area contributed by atoms with Crippen LogP contribution in [0, 0.1) is 19.7 Å². The van der Waals surface area contributed by atoms with E-state index >= 15 is 0 Å². The summed E-state index contributed by atoms with van der Waals surface area (Å²) in [5.41, 5.74) is 10.2. The summed E-state index contributed by atoms with van der Waals surface area (Å²) in [4.78, 5) is 0. The summed E-state index contributed by atoms with van der Waals surface area (Å²) >= 11 is 0. The molecule has 1 fully saturated rings. The van der Waals surface area contributed by atoms with E-state index in [-0.39, 0.29) is 17.3 Å². The zero-order chi connectivity index (χ0) is 14.3. The molecule has 0 aromatic heterocycles. The second-order valence-corrected chi connectivity index (χ2v) is 5.98. The van der Waals surface area contributed by atoms with Crippen LogP contribution in [0.15, 0.2) is 42.5 Å². The Morgan fingerprint density at radius 1 is 1.10 bits per heavy atom. The smallest absolute Gasteiger partial charge is 0.128 e. The molecule has 1 atom stereocenters. The van der Waals surface area contributed by atoms with Gasteiger partial charge in [-0.1, -0.05) is 36.4 Å². The van der Waals surface area contributed by atoms with Crippen LogP contribution in [-0.4, -0.2) is 0 Å². The van der Waals surface area contributed by atoms with Gasteiger partial charge in [-0.3, -0.25) is 0 Å². The minimum atomic E-state index is -0.273. The predicted molar refractivity (Wildman–Crippen MR) is 80.2 cm³/mol. The molecule has 1 nitrogen and oxygen atoms in total. The molecule has 2 N–H and O–H groups in total. The van der Waals surface area contributed by atoms with Crippen molar-refractivity contribution in [2.75, 3.05) is 0 Å². The van der Waals surface area contributed by atoms with Gasteiger partial charge in [-0.05, 0) is 49.4 Å². The van der Waals surface area contributed by atoms with Gasteiger partial charge in [0.15, 0.2) is 0 Å². The van der Waals surface area contributed by atoms with Crippen molar-refractivity contribution in [3.05, 3.63) is 70.5 Å². The van der Waals surface area contributed by atoms with E-state index in [4.69, 9.17) is 5.73 Å². The van der Waals surface area contributed by atoms with Crippen LogP contribution in [0.1, 0.15) is 41.1 Å². The lowest BCUT2D eigenvalue weighted by atomic mass is 9.82. The van der Waals surface area contributed by atoms with E-state index in [2.05, 4.69) is 12.1 Å². The average Bonchev–Trinajstić information content (AvgIpc) is 3.20. The summed E-state index contributed by atoms with van der Waals surface area (Å²) in [7, 11) is 0. The van der Waals surface area contributed by atoms with Crippen LogP contribution in [0.2, 0.25) is 0 Å². The molecule has 2 heteroatoms. The van der Waals surface area contributed by atoms with E-state index in [9.17, 15) is 4.39 Å². The Balaban J connectivity index is 2.04. The largest absolute Gasteiger partial charge is 0.323 e. The highest BCUT2D eigenvalue weighted by molar-refractivity contribution is 5.42. The molecule has 0 saturated heterocycles. The van der Waals surface area contributed by atoms with Gasteiger partial charge < -0.3 is 5.73 Å². The maximum atomic E-state index is 14.4. The fourth-order valence-corrected chi connectivity index (χ4v) is 3.28. The Labute approximate surface area is 119 Å². The molecule has 1 aliphatic rings. The maximum Gasteiger partial charge on any atom is 0.128 e. The Morgan fingerprint density at radius 2 is 1.75 bits per heavy atom.